The summed E-state index contributed by atoms with van der Waals surface area (Å²) >= 11 is 6.38. The van der Waals surface area contributed by atoms with Crippen molar-refractivity contribution in [1.82, 2.24) is 9.97 Å². The van der Waals surface area contributed by atoms with Gasteiger partial charge in [-0.05, 0) is 19.9 Å². The van der Waals surface area contributed by atoms with Crippen LogP contribution in [0.1, 0.15) is 13.8 Å². The van der Waals surface area contributed by atoms with Crippen LogP contribution in [0.4, 0.5) is 11.4 Å². The van der Waals surface area contributed by atoms with E-state index in [2.05, 4.69) is 46.2 Å². The topological polar surface area (TPSA) is 41.1 Å². The number of nitrogens with one attached hydrogen (secondary N) is 1. The Balaban J connectivity index is 2.12. The van der Waals surface area contributed by atoms with Gasteiger partial charge in [-0.3, -0.25) is 0 Å². The van der Waals surface area contributed by atoms with Crippen LogP contribution in [-0.4, -0.2) is 21.6 Å². The van der Waals surface area contributed by atoms with Crippen LogP contribution in [0.15, 0.2) is 36.9 Å². The van der Waals surface area contributed by atoms with Crippen LogP contribution in [0.3, 0.4) is 0 Å². The second-order valence-corrected chi connectivity index (χ2v) is 5.22. The van der Waals surface area contributed by atoms with Crippen molar-refractivity contribution >= 4 is 23.0 Å². The summed E-state index contributed by atoms with van der Waals surface area (Å²) in [6, 6.07) is 6.50. The SMILES string of the molecule is CC(C)N1c2cccc(-c3cncnc3)c2NC1Cl. The standard InChI is InChI=1S/C14H15ClN4/c1-9(2)19-12-5-3-4-11(13(12)18-14(19)15)10-6-16-8-17-7-10/h3-9,14,18H,1-2H3. The maximum absolute atomic E-state index is 6.38. The van der Waals surface area contributed by atoms with E-state index in [9.17, 15) is 0 Å². The fraction of sp³-hybridized carbons (Fsp3) is 0.286. The maximum Gasteiger partial charge on any atom is 0.178 e. The Morgan fingerprint density at radius 2 is 2.00 bits per heavy atom. The highest BCUT2D eigenvalue weighted by Gasteiger charge is 2.30. The fourth-order valence-corrected chi connectivity index (χ4v) is 2.88. The Morgan fingerprint density at radius 1 is 1.26 bits per heavy atom. The Kier molecular flexibility index (Phi) is 3.03. The van der Waals surface area contributed by atoms with Gasteiger partial charge in [0.05, 0.1) is 11.4 Å². The van der Waals surface area contributed by atoms with Crippen molar-refractivity contribution in [2.24, 2.45) is 0 Å². The molecule has 1 aromatic heterocycles. The van der Waals surface area contributed by atoms with E-state index in [0.29, 0.717) is 6.04 Å². The monoisotopic (exact) mass is 274 g/mol. The first-order valence-electron chi connectivity index (χ1n) is 6.26. The molecule has 1 atom stereocenters. The van der Waals surface area contributed by atoms with Crippen LogP contribution in [0.25, 0.3) is 11.1 Å². The van der Waals surface area contributed by atoms with Crippen LogP contribution in [0, 0.1) is 0 Å². The molecule has 0 spiro atoms. The molecule has 5 heteroatoms. The third kappa shape index (κ3) is 2.02. The van der Waals surface area contributed by atoms with Gasteiger partial charge >= 0.3 is 0 Å². The van der Waals surface area contributed by atoms with Crippen LogP contribution in [0.2, 0.25) is 0 Å². The molecule has 0 amide bonds. The van der Waals surface area contributed by atoms with Crippen molar-refractivity contribution in [3.63, 3.8) is 0 Å². The summed E-state index contributed by atoms with van der Waals surface area (Å²) in [5, 5.41) is 3.33. The van der Waals surface area contributed by atoms with E-state index in [1.54, 1.807) is 0 Å². The van der Waals surface area contributed by atoms with Crippen molar-refractivity contribution in [3.8, 4) is 11.1 Å². The zero-order valence-corrected chi connectivity index (χ0v) is 11.6. The molecule has 19 heavy (non-hydrogen) atoms. The van der Waals surface area contributed by atoms with E-state index in [1.807, 2.05) is 18.5 Å². The number of alkyl halides is 1. The molecular weight excluding hydrogens is 260 g/mol. The van der Waals surface area contributed by atoms with Gasteiger partial charge in [0.15, 0.2) is 5.62 Å². The number of benzene rings is 1. The van der Waals surface area contributed by atoms with Crippen molar-refractivity contribution in [2.45, 2.75) is 25.5 Å². The lowest BCUT2D eigenvalue weighted by atomic mass is 10.1. The number of aromatic nitrogens is 2. The first kappa shape index (κ1) is 12.2. The van der Waals surface area contributed by atoms with Crippen molar-refractivity contribution in [2.75, 3.05) is 10.2 Å². The number of nitrogens with zero attached hydrogens (tertiary/aromatic N) is 3. The van der Waals surface area contributed by atoms with Gasteiger partial charge in [0.2, 0.25) is 0 Å². The highest BCUT2D eigenvalue weighted by molar-refractivity contribution is 6.24. The number of para-hydroxylation sites is 1. The van der Waals surface area contributed by atoms with E-state index in [-0.39, 0.29) is 5.62 Å². The smallest absolute Gasteiger partial charge is 0.178 e. The van der Waals surface area contributed by atoms with Crippen LogP contribution in [-0.2, 0) is 0 Å². The number of hydrogen-bond acceptors (Lipinski definition) is 4. The van der Waals surface area contributed by atoms with Gasteiger partial charge in [-0.1, -0.05) is 23.7 Å². The molecule has 0 fully saturated rings. The predicted octanol–water partition coefficient (Wildman–Crippen LogP) is 3.31. The van der Waals surface area contributed by atoms with Crippen LogP contribution in [0.5, 0.6) is 0 Å². The molecule has 0 bridgehead atoms. The fourth-order valence-electron chi connectivity index (χ4n) is 2.44. The number of anilines is 2. The largest absolute Gasteiger partial charge is 0.350 e. The Labute approximate surface area is 117 Å². The lowest BCUT2D eigenvalue weighted by Gasteiger charge is -2.26. The van der Waals surface area contributed by atoms with E-state index in [4.69, 9.17) is 11.6 Å². The molecule has 0 aliphatic carbocycles. The molecule has 1 aromatic carbocycles. The third-order valence-corrected chi connectivity index (χ3v) is 3.58. The van der Waals surface area contributed by atoms with E-state index < -0.39 is 0 Å². The summed E-state index contributed by atoms with van der Waals surface area (Å²) in [4.78, 5) is 10.3. The maximum atomic E-state index is 6.38. The summed E-state index contributed by atoms with van der Waals surface area (Å²) in [7, 11) is 0. The first-order valence-corrected chi connectivity index (χ1v) is 6.69. The quantitative estimate of drug-likeness (QED) is 0.674. The van der Waals surface area contributed by atoms with Crippen LogP contribution >= 0.6 is 11.6 Å². The van der Waals surface area contributed by atoms with Gasteiger partial charge in [0, 0.05) is 29.6 Å². The van der Waals surface area contributed by atoms with Crippen molar-refractivity contribution in [3.05, 3.63) is 36.9 Å². The minimum Gasteiger partial charge on any atom is -0.350 e. The molecule has 3 rings (SSSR count). The lowest BCUT2D eigenvalue weighted by molar-refractivity contribution is 0.700. The van der Waals surface area contributed by atoms with Gasteiger partial charge in [-0.2, -0.15) is 0 Å². The zero-order valence-electron chi connectivity index (χ0n) is 10.8. The molecule has 0 saturated carbocycles. The summed E-state index contributed by atoms with van der Waals surface area (Å²) in [6.07, 6.45) is 5.15. The summed E-state index contributed by atoms with van der Waals surface area (Å²) < 4.78 is 0. The summed E-state index contributed by atoms with van der Waals surface area (Å²) in [6.45, 7) is 4.26. The van der Waals surface area contributed by atoms with Gasteiger partial charge in [-0.15, -0.1) is 0 Å². The van der Waals surface area contributed by atoms with E-state index in [0.717, 1.165) is 22.5 Å². The van der Waals surface area contributed by atoms with Crippen molar-refractivity contribution in [1.29, 1.82) is 0 Å². The second-order valence-electron chi connectivity index (χ2n) is 4.81. The van der Waals surface area contributed by atoms with Gasteiger partial charge < -0.3 is 10.2 Å². The zero-order chi connectivity index (χ0) is 13.4. The molecule has 0 saturated heterocycles. The molecule has 1 N–H and O–H groups in total. The van der Waals surface area contributed by atoms with Crippen molar-refractivity contribution < 1.29 is 0 Å². The normalized spacial score (nSPS) is 17.5. The minimum atomic E-state index is -0.221. The highest BCUT2D eigenvalue weighted by Crippen LogP contribution is 2.43. The van der Waals surface area contributed by atoms with Gasteiger partial charge in [0.1, 0.15) is 6.33 Å². The molecule has 1 unspecified atom stereocenters. The second kappa shape index (κ2) is 4.70. The van der Waals surface area contributed by atoms with E-state index in [1.165, 1.54) is 6.33 Å². The molecule has 2 heterocycles. The number of hydrogen-bond donors (Lipinski definition) is 1. The molecule has 4 nitrogen and oxygen atoms in total. The number of rotatable bonds is 2. The average Bonchev–Trinajstić information content (AvgIpc) is 2.75. The Bertz CT molecular complexity index is 585. The first-order chi connectivity index (χ1) is 9.18. The molecule has 1 aliphatic heterocycles. The molecular formula is C14H15ClN4. The van der Waals surface area contributed by atoms with E-state index >= 15 is 0 Å². The van der Waals surface area contributed by atoms with Gasteiger partial charge in [-0.25, -0.2) is 9.97 Å². The lowest BCUT2D eigenvalue weighted by Crippen LogP contribution is -2.36. The average molecular weight is 275 g/mol. The Morgan fingerprint density at radius 3 is 2.68 bits per heavy atom. The third-order valence-electron chi connectivity index (χ3n) is 3.26. The van der Waals surface area contributed by atoms with Crippen LogP contribution < -0.4 is 10.2 Å². The molecule has 1 aliphatic rings. The summed E-state index contributed by atoms with van der Waals surface area (Å²) in [5.41, 5.74) is 4.01. The Hall–Kier alpha value is -1.81. The molecule has 0 radical (unpaired) electrons. The minimum absolute atomic E-state index is 0.221. The molecule has 98 valence electrons. The number of halogens is 1. The van der Waals surface area contributed by atoms with Gasteiger partial charge in [0.25, 0.3) is 0 Å². The summed E-state index contributed by atoms with van der Waals surface area (Å²) in [5.74, 6) is 0. The predicted molar refractivity (Wildman–Crippen MR) is 78.3 cm³/mol. The highest BCUT2D eigenvalue weighted by atomic mass is 35.5. The number of fused-ring (bicyclic) bond motifs is 1. The molecule has 2 aromatic rings.